The minimum absolute atomic E-state index is 0.0469. The van der Waals surface area contributed by atoms with Crippen LogP contribution in [0.1, 0.15) is 19.3 Å². The molecule has 1 atom stereocenters. The van der Waals surface area contributed by atoms with E-state index in [0.29, 0.717) is 92.1 Å². The maximum absolute atomic E-state index is 11.8. The minimum Gasteiger partial charge on any atom is -0.444 e. The maximum atomic E-state index is 11.8. The lowest BCUT2D eigenvalue weighted by Gasteiger charge is -2.20. The second-order valence-electron chi connectivity index (χ2n) is 7.27. The number of hydrogen-bond acceptors (Lipinski definition) is 10. The van der Waals surface area contributed by atoms with E-state index >= 15 is 0 Å². The third kappa shape index (κ3) is 11.8. The predicted octanol–water partition coefficient (Wildman–Crippen LogP) is -0.0411. The molecular formula is C22H35NO10. The zero-order valence-corrected chi connectivity index (χ0v) is 19.1. The third-order valence-corrected chi connectivity index (χ3v) is 4.85. The molecule has 0 bridgehead atoms. The Kier molecular flexibility index (Phi) is 14.0. The van der Waals surface area contributed by atoms with Gasteiger partial charge in [0.1, 0.15) is 6.61 Å². The van der Waals surface area contributed by atoms with Gasteiger partial charge in [-0.1, -0.05) is 5.92 Å². The molecule has 0 radical (unpaired) electrons. The number of carbonyl (C=O) groups is 2. The lowest BCUT2D eigenvalue weighted by atomic mass is 10.2. The monoisotopic (exact) mass is 473 g/mol. The number of esters is 1. The highest BCUT2D eigenvalue weighted by Crippen LogP contribution is 2.41. The van der Waals surface area contributed by atoms with E-state index in [0.717, 1.165) is 0 Å². The highest BCUT2D eigenvalue weighted by molar-refractivity contribution is 5.80. The summed E-state index contributed by atoms with van der Waals surface area (Å²) in [4.78, 5) is 25.0. The molecule has 11 nitrogen and oxygen atoms in total. The molecule has 0 N–H and O–H groups in total. The van der Waals surface area contributed by atoms with Crippen molar-refractivity contribution in [3.63, 3.8) is 0 Å². The Morgan fingerprint density at radius 3 is 1.85 bits per heavy atom. The van der Waals surface area contributed by atoms with Gasteiger partial charge in [-0.05, 0) is 0 Å². The van der Waals surface area contributed by atoms with E-state index in [1.165, 1.54) is 4.90 Å². The van der Waals surface area contributed by atoms with Crippen molar-refractivity contribution in [2.45, 2.75) is 25.0 Å². The Morgan fingerprint density at radius 2 is 1.36 bits per heavy atom. The van der Waals surface area contributed by atoms with Gasteiger partial charge < -0.3 is 37.9 Å². The summed E-state index contributed by atoms with van der Waals surface area (Å²) < 4.78 is 42.3. The Hall–Kier alpha value is -1.78. The molecule has 2 aliphatic rings. The van der Waals surface area contributed by atoms with Crippen LogP contribution in [-0.2, 0) is 47.5 Å². The molecule has 0 aromatic carbocycles. The van der Waals surface area contributed by atoms with Crippen LogP contribution in [0.15, 0.2) is 0 Å². The van der Waals surface area contributed by atoms with E-state index in [2.05, 4.69) is 5.92 Å². The summed E-state index contributed by atoms with van der Waals surface area (Å²) in [5.74, 6) is 1.92. The first-order valence-corrected chi connectivity index (χ1v) is 11.2. The Labute approximate surface area is 194 Å². The lowest BCUT2D eigenvalue weighted by molar-refractivity contribution is -0.156. The molecular weight excluding hydrogens is 438 g/mol. The molecule has 0 aromatic heterocycles. The van der Waals surface area contributed by atoms with Gasteiger partial charge in [-0.2, -0.15) is 0 Å². The number of ether oxygens (including phenoxy) is 8. The van der Waals surface area contributed by atoms with Crippen LogP contribution < -0.4 is 0 Å². The van der Waals surface area contributed by atoms with E-state index in [-0.39, 0.29) is 25.7 Å². The van der Waals surface area contributed by atoms with Crippen molar-refractivity contribution >= 4 is 11.9 Å². The summed E-state index contributed by atoms with van der Waals surface area (Å²) in [6.07, 6.45) is 6.26. The molecule has 2 saturated heterocycles. The van der Waals surface area contributed by atoms with Gasteiger partial charge in [0, 0.05) is 12.8 Å². The summed E-state index contributed by atoms with van der Waals surface area (Å²) >= 11 is 0. The van der Waals surface area contributed by atoms with Crippen LogP contribution in [0, 0.1) is 12.3 Å². The summed E-state index contributed by atoms with van der Waals surface area (Å²) in [6.45, 7) is 5.55. The number of likely N-dealkylation sites (tertiary alicyclic amines) is 1. The average molecular weight is 474 g/mol. The van der Waals surface area contributed by atoms with Crippen molar-refractivity contribution < 1.29 is 47.5 Å². The fourth-order valence-corrected chi connectivity index (χ4v) is 2.97. The van der Waals surface area contributed by atoms with Gasteiger partial charge in [0.05, 0.1) is 85.7 Å². The molecule has 1 unspecified atom stereocenters. The van der Waals surface area contributed by atoms with Crippen LogP contribution >= 0.6 is 0 Å². The smallest absolute Gasteiger partial charge is 0.309 e. The molecule has 0 saturated carbocycles. The molecule has 33 heavy (non-hydrogen) atoms. The number of terminal acetylenes is 1. The normalized spacial score (nSPS) is 19.2. The highest BCUT2D eigenvalue weighted by atomic mass is 16.6. The standard InChI is InChI=1S/C22H35NO10/c1-2-6-26-8-10-28-12-14-30-16-17-31-15-13-29-11-9-27-7-4-21(25)32-19-23-20(24)3-5-22(23)18-33-22/h1H,3-19H2. The predicted molar refractivity (Wildman–Crippen MR) is 114 cm³/mol. The highest BCUT2D eigenvalue weighted by Gasteiger charge is 2.56. The Bertz CT molecular complexity index is 604. The van der Waals surface area contributed by atoms with Crippen molar-refractivity contribution in [3.8, 4) is 12.3 Å². The molecule has 2 rings (SSSR count). The number of carbonyl (C=O) groups excluding carboxylic acids is 2. The van der Waals surface area contributed by atoms with Gasteiger partial charge >= 0.3 is 5.97 Å². The van der Waals surface area contributed by atoms with Gasteiger partial charge in [-0.25, -0.2) is 0 Å². The molecule has 1 spiro atoms. The second kappa shape index (κ2) is 16.8. The van der Waals surface area contributed by atoms with Crippen LogP contribution in [0.2, 0.25) is 0 Å². The van der Waals surface area contributed by atoms with E-state index in [1.807, 2.05) is 0 Å². The number of epoxide rings is 1. The molecule has 188 valence electrons. The summed E-state index contributed by atoms with van der Waals surface area (Å²) in [7, 11) is 0. The summed E-state index contributed by atoms with van der Waals surface area (Å²) in [5, 5.41) is 0. The van der Waals surface area contributed by atoms with E-state index in [1.54, 1.807) is 0 Å². The Balaban J connectivity index is 1.25. The molecule has 0 aliphatic carbocycles. The van der Waals surface area contributed by atoms with Gasteiger partial charge in [0.2, 0.25) is 5.91 Å². The van der Waals surface area contributed by atoms with Gasteiger partial charge in [0.15, 0.2) is 12.5 Å². The van der Waals surface area contributed by atoms with Gasteiger partial charge in [0.25, 0.3) is 0 Å². The van der Waals surface area contributed by atoms with Crippen molar-refractivity contribution in [1.82, 2.24) is 4.90 Å². The number of nitrogens with zero attached hydrogens (tertiary/aromatic N) is 1. The average Bonchev–Trinajstić information content (AvgIpc) is 3.53. The van der Waals surface area contributed by atoms with E-state index in [4.69, 9.17) is 44.3 Å². The zero-order chi connectivity index (χ0) is 23.6. The first-order valence-electron chi connectivity index (χ1n) is 11.2. The first-order chi connectivity index (χ1) is 16.2. The quantitative estimate of drug-likeness (QED) is 0.0973. The van der Waals surface area contributed by atoms with Crippen molar-refractivity contribution in [2.75, 3.05) is 92.6 Å². The molecule has 0 aromatic rings. The third-order valence-electron chi connectivity index (χ3n) is 4.85. The zero-order valence-electron chi connectivity index (χ0n) is 19.1. The van der Waals surface area contributed by atoms with Crippen LogP contribution in [-0.4, -0.2) is 115 Å². The molecule has 1 amide bonds. The fraction of sp³-hybridized carbons (Fsp3) is 0.818. The summed E-state index contributed by atoms with van der Waals surface area (Å²) in [5.41, 5.74) is -0.518. The van der Waals surface area contributed by atoms with Crippen molar-refractivity contribution in [1.29, 1.82) is 0 Å². The van der Waals surface area contributed by atoms with Crippen LogP contribution in [0.5, 0.6) is 0 Å². The topological polar surface area (TPSA) is 115 Å². The minimum atomic E-state index is -0.518. The molecule has 11 heteroatoms. The number of amides is 1. The first kappa shape index (κ1) is 27.5. The maximum Gasteiger partial charge on any atom is 0.309 e. The second-order valence-corrected chi connectivity index (χ2v) is 7.27. The number of rotatable bonds is 21. The van der Waals surface area contributed by atoms with Crippen LogP contribution in [0.25, 0.3) is 0 Å². The van der Waals surface area contributed by atoms with E-state index < -0.39 is 11.7 Å². The lowest BCUT2D eigenvalue weighted by Crippen LogP contribution is -2.38. The summed E-state index contributed by atoms with van der Waals surface area (Å²) in [6, 6.07) is 0. The SMILES string of the molecule is C#CCOCCOCCOCCOCCOCCOCCC(=O)OCN1C(=O)CCC12CO2. The van der Waals surface area contributed by atoms with E-state index in [9.17, 15) is 9.59 Å². The van der Waals surface area contributed by atoms with Crippen molar-refractivity contribution in [2.24, 2.45) is 0 Å². The fourth-order valence-electron chi connectivity index (χ4n) is 2.97. The van der Waals surface area contributed by atoms with Gasteiger partial charge in [-0.3, -0.25) is 14.5 Å². The number of hydrogen-bond donors (Lipinski definition) is 0. The van der Waals surface area contributed by atoms with Crippen LogP contribution in [0.3, 0.4) is 0 Å². The molecule has 2 aliphatic heterocycles. The van der Waals surface area contributed by atoms with Crippen molar-refractivity contribution in [3.05, 3.63) is 0 Å². The Morgan fingerprint density at radius 1 is 0.879 bits per heavy atom. The van der Waals surface area contributed by atoms with Gasteiger partial charge in [-0.15, -0.1) is 6.42 Å². The molecule has 2 fully saturated rings. The van der Waals surface area contributed by atoms with Crippen LogP contribution in [0.4, 0.5) is 0 Å². The largest absolute Gasteiger partial charge is 0.444 e. The molecule has 2 heterocycles.